The summed E-state index contributed by atoms with van der Waals surface area (Å²) in [5.74, 6) is 3.34. The molecule has 0 fully saturated rings. The number of ether oxygens (including phenoxy) is 6. The highest BCUT2D eigenvalue weighted by Crippen LogP contribution is 2.28. The smallest absolute Gasteiger partial charge is 0.120 e. The molecule has 0 bridgehead atoms. The summed E-state index contributed by atoms with van der Waals surface area (Å²) in [5, 5.41) is 22.0. The number of unbranched alkanes of at least 4 members (excludes halogenated alkanes) is 2. The molecule has 0 radical (unpaired) electrons. The van der Waals surface area contributed by atoms with Gasteiger partial charge < -0.3 is 39.9 Å². The van der Waals surface area contributed by atoms with E-state index in [1.807, 2.05) is 66.7 Å². The van der Waals surface area contributed by atoms with E-state index in [0.717, 1.165) is 59.1 Å². The fourth-order valence-electron chi connectivity index (χ4n) is 8.63. The van der Waals surface area contributed by atoms with E-state index in [0.29, 0.717) is 87.6 Å². The fraction of sp³-hybridized carbons (Fsp3) is 0.295. The molecule has 0 aromatic heterocycles. The van der Waals surface area contributed by atoms with Crippen LogP contribution in [0.2, 0.25) is 0 Å². The van der Waals surface area contributed by atoms with Crippen molar-refractivity contribution in [1.29, 1.82) is 0 Å². The van der Waals surface area contributed by atoms with E-state index in [1.54, 1.807) is 60.7 Å². The topological polar surface area (TPSA) is 400 Å². The highest BCUT2D eigenvalue weighted by molar-refractivity contribution is 5.41. The summed E-state index contributed by atoms with van der Waals surface area (Å²) in [4.78, 5) is 17.1. The monoisotopic (exact) mass is 1170 g/mol. The minimum Gasteiger partial charge on any atom is -0.490 e. The number of nitrogens with two attached hydrogens (primary N) is 2. The van der Waals surface area contributed by atoms with Gasteiger partial charge in [0.05, 0.1) is 39.3 Å². The lowest BCUT2D eigenvalue weighted by molar-refractivity contribution is 0.296. The lowest BCUT2D eigenvalue weighted by Gasteiger charge is -2.14. The Bertz CT molecular complexity index is 3470. The average Bonchev–Trinajstić information content (AvgIpc) is 3.67. The zero-order valence-electron chi connectivity index (χ0n) is 47.7. The van der Waals surface area contributed by atoms with Crippen molar-refractivity contribution in [2.75, 3.05) is 13.2 Å². The maximum Gasteiger partial charge on any atom is 0.120 e. The van der Waals surface area contributed by atoms with Crippen LogP contribution in [-0.2, 0) is 78.8 Å². The van der Waals surface area contributed by atoms with Crippen molar-refractivity contribution < 1.29 is 28.4 Å². The van der Waals surface area contributed by atoms with Gasteiger partial charge in [0, 0.05) is 42.6 Å². The van der Waals surface area contributed by atoms with Gasteiger partial charge >= 0.3 is 0 Å². The van der Waals surface area contributed by atoms with Gasteiger partial charge in [-0.1, -0.05) is 79.3 Å². The second-order valence-electron chi connectivity index (χ2n) is 19.1. The first kappa shape index (κ1) is 65.1. The first-order chi connectivity index (χ1) is 42.7. The molecule has 444 valence electrons. The average molecular weight is 1170 g/mol. The van der Waals surface area contributed by atoms with Crippen molar-refractivity contribution in [2.24, 2.45) is 42.2 Å². The molecule has 0 aliphatic carbocycles. The molecule has 0 unspecified atom stereocenters. The summed E-state index contributed by atoms with van der Waals surface area (Å²) < 4.78 is 37.2. The van der Waals surface area contributed by atoms with Crippen LogP contribution in [0.4, 0.5) is 0 Å². The SMILES string of the molecule is [N-]=[N+]=NCc1cc(CN=[N+]=[N-])cc(OCc2cc(COc3cc(CN=[N+]=[N-])cc(CN=[N+]=[N-])c3)cc(OCC=C=CCCC=CCC/C=C/COc3cc(COc4cc(CN)cc(CN)c4)cc(COc4cc(CN=[N+]=[N-])cc(CN=[N+]=[N-])c4)c3)c2)c1. The van der Waals surface area contributed by atoms with E-state index < -0.39 is 0 Å². The standard InChI is InChI=1S/C61H64N20O6/c62-32-44-14-45(33-63)21-58(20-44)84-40-52-18-53(41-85-59-22-46(34-70-76-64)15-47(23-59)35-71-77-65)29-56(28-52)82-12-10-8-6-4-2-1-3-5-7-9-11-13-83-57-30-54(42-86-60-24-48(36-72-78-66)16-49(25-60)37-73-79-67)19-55(31-57)43-87-61-26-50(38-74-80-68)17-51(27-61)39-75-81-69/h1-2,7-8,10-11,14-31H,3-6,12-13,32-43,62-63H2/b2-1?,10-8+. The van der Waals surface area contributed by atoms with Gasteiger partial charge in [0.15, 0.2) is 0 Å². The van der Waals surface area contributed by atoms with Gasteiger partial charge in [-0.3, -0.25) is 0 Å². The summed E-state index contributed by atoms with van der Waals surface area (Å²) in [6.07, 6.45) is 15.4. The molecule has 0 spiro atoms. The Kier molecular flexibility index (Phi) is 28.3. The highest BCUT2D eigenvalue weighted by atomic mass is 16.5. The third-order valence-corrected chi connectivity index (χ3v) is 12.4. The molecule has 6 rings (SSSR count). The predicted octanol–water partition coefficient (Wildman–Crippen LogP) is 16.6. The zero-order valence-corrected chi connectivity index (χ0v) is 47.7. The van der Waals surface area contributed by atoms with Gasteiger partial charge in [-0.15, -0.1) is 5.73 Å². The zero-order chi connectivity index (χ0) is 61.5. The van der Waals surface area contributed by atoms with Crippen molar-refractivity contribution in [3.63, 3.8) is 0 Å². The second kappa shape index (κ2) is 37.9. The Hall–Kier alpha value is -11.1. The summed E-state index contributed by atoms with van der Waals surface area (Å²) in [6.45, 7) is 2.54. The van der Waals surface area contributed by atoms with E-state index in [-0.39, 0.29) is 72.3 Å². The van der Waals surface area contributed by atoms with Crippen molar-refractivity contribution in [3.05, 3.63) is 281 Å². The van der Waals surface area contributed by atoms with Gasteiger partial charge in [-0.25, -0.2) is 0 Å². The van der Waals surface area contributed by atoms with Gasteiger partial charge in [0.25, 0.3) is 0 Å². The van der Waals surface area contributed by atoms with E-state index in [1.165, 1.54) is 0 Å². The molecule has 26 heteroatoms. The van der Waals surface area contributed by atoms with Crippen LogP contribution in [0, 0.1) is 0 Å². The van der Waals surface area contributed by atoms with Gasteiger partial charge in [-0.05, 0) is 223 Å². The number of hydrogen-bond acceptors (Lipinski definition) is 14. The molecule has 87 heavy (non-hydrogen) atoms. The highest BCUT2D eigenvalue weighted by Gasteiger charge is 2.11. The molecular weight excluding hydrogens is 1110 g/mol. The van der Waals surface area contributed by atoms with E-state index in [4.69, 9.17) is 73.1 Å². The Morgan fingerprint density at radius 1 is 0.299 bits per heavy atom. The maximum atomic E-state index is 8.90. The van der Waals surface area contributed by atoms with Crippen LogP contribution in [0.3, 0.4) is 0 Å². The van der Waals surface area contributed by atoms with Crippen LogP contribution >= 0.6 is 0 Å². The molecular formula is C61H64N20O6. The normalized spacial score (nSPS) is 10.4. The third kappa shape index (κ3) is 24.7. The van der Waals surface area contributed by atoms with E-state index in [2.05, 4.69) is 84.1 Å². The van der Waals surface area contributed by atoms with Crippen LogP contribution in [0.1, 0.15) is 92.4 Å². The van der Waals surface area contributed by atoms with Crippen molar-refractivity contribution in [2.45, 2.75) is 104 Å². The van der Waals surface area contributed by atoms with Crippen LogP contribution in [-0.4, -0.2) is 13.2 Å². The molecule has 0 heterocycles. The lowest BCUT2D eigenvalue weighted by Crippen LogP contribution is -2.05. The summed E-state index contributed by atoms with van der Waals surface area (Å²) in [5.41, 5.74) is 77.7. The minimum absolute atomic E-state index is 0.0866. The molecule has 26 nitrogen and oxygen atoms in total. The molecule has 0 atom stereocenters. The molecule has 0 amide bonds. The second-order valence-corrected chi connectivity index (χ2v) is 19.1. The van der Waals surface area contributed by atoms with Crippen LogP contribution in [0.25, 0.3) is 62.7 Å². The fourth-order valence-corrected chi connectivity index (χ4v) is 8.63. The van der Waals surface area contributed by atoms with Crippen molar-refractivity contribution in [1.82, 2.24) is 0 Å². The number of benzene rings is 6. The summed E-state index contributed by atoms with van der Waals surface area (Å²) in [7, 11) is 0. The number of nitrogens with zero attached hydrogens (tertiary/aromatic N) is 18. The summed E-state index contributed by atoms with van der Waals surface area (Å²) >= 11 is 0. The summed E-state index contributed by atoms with van der Waals surface area (Å²) in [6, 6.07) is 33.2. The number of azide groups is 6. The Balaban J connectivity index is 1.02. The molecule has 6 aromatic carbocycles. The van der Waals surface area contributed by atoms with Gasteiger partial charge in [-0.2, -0.15) is 0 Å². The Morgan fingerprint density at radius 3 is 0.874 bits per heavy atom. The Morgan fingerprint density at radius 2 is 0.552 bits per heavy atom. The van der Waals surface area contributed by atoms with E-state index in [9.17, 15) is 0 Å². The predicted molar refractivity (Wildman–Crippen MR) is 329 cm³/mol. The van der Waals surface area contributed by atoms with Crippen molar-refractivity contribution in [3.8, 4) is 34.5 Å². The van der Waals surface area contributed by atoms with Gasteiger partial charge in [0.1, 0.15) is 74.1 Å². The molecule has 6 aromatic rings. The maximum absolute atomic E-state index is 8.90. The Labute approximate surface area is 501 Å². The first-order valence-corrected chi connectivity index (χ1v) is 27.4. The largest absolute Gasteiger partial charge is 0.490 e. The third-order valence-electron chi connectivity index (χ3n) is 12.4. The lowest BCUT2D eigenvalue weighted by atomic mass is 10.1. The first-order valence-electron chi connectivity index (χ1n) is 27.4. The van der Waals surface area contributed by atoms with Gasteiger partial charge in [0.2, 0.25) is 0 Å². The molecule has 0 saturated heterocycles. The minimum atomic E-state index is 0.0866. The van der Waals surface area contributed by atoms with E-state index >= 15 is 0 Å². The number of allylic oxidation sites excluding steroid dienone is 3. The van der Waals surface area contributed by atoms with Crippen molar-refractivity contribution >= 4 is 0 Å². The van der Waals surface area contributed by atoms with Crippen LogP contribution in [0.5, 0.6) is 34.5 Å². The molecule has 4 N–H and O–H groups in total. The number of hydrogen-bond donors (Lipinski definition) is 2. The molecule has 0 saturated carbocycles. The molecule has 0 aliphatic heterocycles. The van der Waals surface area contributed by atoms with Crippen LogP contribution < -0.4 is 39.9 Å². The number of rotatable bonds is 38. The quantitative estimate of drug-likeness (QED) is 0.00934. The molecule has 0 aliphatic rings. The van der Waals surface area contributed by atoms with Crippen LogP contribution in [0.15, 0.2) is 182 Å².